The highest BCUT2D eigenvalue weighted by molar-refractivity contribution is 4.80. The number of rotatable bonds is 4. The molecule has 0 spiro atoms. The Morgan fingerprint density at radius 2 is 2.22 bits per heavy atom. The van der Waals surface area contributed by atoms with Gasteiger partial charge >= 0.3 is 0 Å². The molecule has 0 N–H and O–H groups in total. The third-order valence-electron chi connectivity index (χ3n) is 1.69. The van der Waals surface area contributed by atoms with Crippen molar-refractivity contribution in [2.24, 2.45) is 5.92 Å². The van der Waals surface area contributed by atoms with Crippen LogP contribution in [-0.4, -0.2) is 0 Å². The lowest BCUT2D eigenvalue weighted by Gasteiger charge is -2.06. The summed E-state index contributed by atoms with van der Waals surface area (Å²) in [5.41, 5.74) is 0. The smallest absolute Gasteiger partial charge is 0.0322 e. The van der Waals surface area contributed by atoms with Crippen LogP contribution in [0.25, 0.3) is 0 Å². The second-order valence-electron chi connectivity index (χ2n) is 2.37. The van der Waals surface area contributed by atoms with Gasteiger partial charge in [0.2, 0.25) is 0 Å². The van der Waals surface area contributed by atoms with E-state index in [1.165, 1.54) is 12.8 Å². The largest absolute Gasteiger partial charge is 0.0917 e. The molecule has 0 fully saturated rings. The molecule has 0 aliphatic rings. The van der Waals surface area contributed by atoms with Gasteiger partial charge < -0.3 is 0 Å². The van der Waals surface area contributed by atoms with Gasteiger partial charge in [0.25, 0.3) is 0 Å². The van der Waals surface area contributed by atoms with Crippen LogP contribution in [0.1, 0.15) is 33.1 Å². The molecule has 53 valence electrons. The molecule has 0 bridgehead atoms. The van der Waals surface area contributed by atoms with Gasteiger partial charge in [-0.2, -0.15) is 0 Å². The Labute approximate surface area is 59.0 Å². The zero-order valence-electron chi connectivity index (χ0n) is 6.56. The standard InChI is InChI=1S/C9H17/c1-4-7-8-9(5-2)6-3/h4,7,9H,2,5-6,8H2,1,3H3. The van der Waals surface area contributed by atoms with Gasteiger partial charge in [0.05, 0.1) is 0 Å². The van der Waals surface area contributed by atoms with E-state index in [0.29, 0.717) is 0 Å². The second kappa shape index (κ2) is 5.87. The van der Waals surface area contributed by atoms with Crippen LogP contribution < -0.4 is 0 Å². The van der Waals surface area contributed by atoms with E-state index in [9.17, 15) is 0 Å². The molecule has 0 aromatic heterocycles. The summed E-state index contributed by atoms with van der Waals surface area (Å²) in [6, 6.07) is 0. The molecule has 9 heavy (non-hydrogen) atoms. The summed E-state index contributed by atoms with van der Waals surface area (Å²) in [5.74, 6) is 0.807. The van der Waals surface area contributed by atoms with Crippen LogP contribution in [-0.2, 0) is 0 Å². The van der Waals surface area contributed by atoms with Crippen molar-refractivity contribution in [3.8, 4) is 0 Å². The average molecular weight is 125 g/mol. The summed E-state index contributed by atoms with van der Waals surface area (Å²) in [5, 5.41) is 0. The normalized spacial score (nSPS) is 11.6. The maximum Gasteiger partial charge on any atom is -0.0322 e. The molecule has 0 aliphatic heterocycles. The molecule has 0 nitrogen and oxygen atoms in total. The molecular weight excluding hydrogens is 108 g/mol. The number of allylic oxidation sites excluding steroid dienone is 2. The van der Waals surface area contributed by atoms with Gasteiger partial charge in [0.15, 0.2) is 0 Å². The van der Waals surface area contributed by atoms with Crippen molar-refractivity contribution in [1.29, 1.82) is 0 Å². The molecule has 1 atom stereocenters. The Morgan fingerprint density at radius 3 is 2.56 bits per heavy atom. The van der Waals surface area contributed by atoms with E-state index in [2.05, 4.69) is 32.9 Å². The molecule has 0 aromatic carbocycles. The Hall–Kier alpha value is -0.260. The van der Waals surface area contributed by atoms with E-state index in [1.807, 2.05) is 0 Å². The van der Waals surface area contributed by atoms with Gasteiger partial charge in [0, 0.05) is 0 Å². The van der Waals surface area contributed by atoms with Gasteiger partial charge in [-0.3, -0.25) is 0 Å². The van der Waals surface area contributed by atoms with Crippen molar-refractivity contribution < 1.29 is 0 Å². The Balaban J connectivity index is 3.31. The first-order chi connectivity index (χ1) is 4.35. The van der Waals surface area contributed by atoms with Crippen LogP contribution in [0.3, 0.4) is 0 Å². The van der Waals surface area contributed by atoms with Crippen LogP contribution >= 0.6 is 0 Å². The summed E-state index contributed by atoms with van der Waals surface area (Å²) in [7, 11) is 0. The minimum Gasteiger partial charge on any atom is -0.0917 e. The highest BCUT2D eigenvalue weighted by Crippen LogP contribution is 2.11. The molecule has 0 amide bonds. The fourth-order valence-electron chi connectivity index (χ4n) is 0.817. The third-order valence-corrected chi connectivity index (χ3v) is 1.69. The third kappa shape index (κ3) is 4.26. The molecule has 1 radical (unpaired) electrons. The first kappa shape index (κ1) is 8.74. The predicted molar refractivity (Wildman–Crippen MR) is 43.2 cm³/mol. The Kier molecular flexibility index (Phi) is 5.70. The highest BCUT2D eigenvalue weighted by atomic mass is 14.0. The predicted octanol–water partition coefficient (Wildman–Crippen LogP) is 3.20. The molecule has 0 saturated carbocycles. The zero-order valence-corrected chi connectivity index (χ0v) is 6.56. The summed E-state index contributed by atoms with van der Waals surface area (Å²) < 4.78 is 0. The quantitative estimate of drug-likeness (QED) is 0.506. The monoisotopic (exact) mass is 125 g/mol. The Bertz CT molecular complexity index is 68.1. The highest BCUT2D eigenvalue weighted by Gasteiger charge is 1.97. The Morgan fingerprint density at radius 1 is 1.56 bits per heavy atom. The van der Waals surface area contributed by atoms with Gasteiger partial charge in [-0.25, -0.2) is 0 Å². The lowest BCUT2D eigenvalue weighted by atomic mass is 10.00. The van der Waals surface area contributed by atoms with Crippen molar-refractivity contribution in [3.63, 3.8) is 0 Å². The fraction of sp³-hybridized carbons (Fsp3) is 0.667. The van der Waals surface area contributed by atoms with Gasteiger partial charge in [-0.05, 0) is 19.3 Å². The molecule has 0 rings (SSSR count). The van der Waals surface area contributed by atoms with E-state index in [1.54, 1.807) is 0 Å². The van der Waals surface area contributed by atoms with Crippen molar-refractivity contribution in [2.45, 2.75) is 33.1 Å². The van der Waals surface area contributed by atoms with E-state index in [0.717, 1.165) is 12.3 Å². The maximum atomic E-state index is 3.88. The molecule has 1 unspecified atom stereocenters. The lowest BCUT2D eigenvalue weighted by molar-refractivity contribution is 0.522. The first-order valence-corrected chi connectivity index (χ1v) is 3.75. The van der Waals surface area contributed by atoms with Crippen LogP contribution in [0.4, 0.5) is 0 Å². The molecule has 0 heterocycles. The first-order valence-electron chi connectivity index (χ1n) is 3.75. The molecule has 0 aliphatic carbocycles. The van der Waals surface area contributed by atoms with E-state index in [-0.39, 0.29) is 0 Å². The number of hydrogen-bond donors (Lipinski definition) is 0. The van der Waals surface area contributed by atoms with Crippen molar-refractivity contribution in [2.75, 3.05) is 0 Å². The minimum absolute atomic E-state index is 0.807. The summed E-state index contributed by atoms with van der Waals surface area (Å²) in [4.78, 5) is 0. The SMILES string of the molecule is [CH2]CC(CC)CC=CC. The second-order valence-corrected chi connectivity index (χ2v) is 2.37. The fourth-order valence-corrected chi connectivity index (χ4v) is 0.817. The van der Waals surface area contributed by atoms with Gasteiger partial charge in [-0.15, -0.1) is 0 Å². The lowest BCUT2D eigenvalue weighted by Crippen LogP contribution is -1.93. The summed E-state index contributed by atoms with van der Waals surface area (Å²) >= 11 is 0. The van der Waals surface area contributed by atoms with Gasteiger partial charge in [0.1, 0.15) is 0 Å². The van der Waals surface area contributed by atoms with E-state index >= 15 is 0 Å². The summed E-state index contributed by atoms with van der Waals surface area (Å²) in [6.45, 7) is 8.16. The van der Waals surface area contributed by atoms with E-state index in [4.69, 9.17) is 0 Å². The van der Waals surface area contributed by atoms with Crippen molar-refractivity contribution in [3.05, 3.63) is 19.1 Å². The summed E-state index contributed by atoms with van der Waals surface area (Å²) in [6.07, 6.45) is 7.86. The van der Waals surface area contributed by atoms with Crippen LogP contribution in [0, 0.1) is 12.8 Å². The molecule has 0 saturated heterocycles. The topological polar surface area (TPSA) is 0 Å². The minimum atomic E-state index is 0.807. The van der Waals surface area contributed by atoms with Crippen molar-refractivity contribution in [1.82, 2.24) is 0 Å². The molecular formula is C9H17. The maximum absolute atomic E-state index is 3.88. The van der Waals surface area contributed by atoms with Crippen LogP contribution in [0.15, 0.2) is 12.2 Å². The zero-order chi connectivity index (χ0) is 7.11. The van der Waals surface area contributed by atoms with Gasteiger partial charge in [-0.1, -0.05) is 38.8 Å². The average Bonchev–Trinajstić information content (AvgIpc) is 1.91. The van der Waals surface area contributed by atoms with Crippen LogP contribution in [0.5, 0.6) is 0 Å². The van der Waals surface area contributed by atoms with Crippen molar-refractivity contribution >= 4 is 0 Å². The van der Waals surface area contributed by atoms with Crippen LogP contribution in [0.2, 0.25) is 0 Å². The van der Waals surface area contributed by atoms with E-state index < -0.39 is 0 Å². The molecule has 0 aromatic rings. The number of hydrogen-bond acceptors (Lipinski definition) is 0. The molecule has 0 heteroatoms.